The van der Waals surface area contributed by atoms with E-state index in [9.17, 15) is 9.59 Å². The van der Waals surface area contributed by atoms with E-state index in [1.807, 2.05) is 6.92 Å². The minimum absolute atomic E-state index is 0.171. The zero-order chi connectivity index (χ0) is 15.0. The Labute approximate surface area is 126 Å². The fourth-order valence-corrected chi connectivity index (χ4v) is 3.42. The second-order valence-electron chi connectivity index (χ2n) is 5.94. The number of carbonyl (C=O) groups is 1. The van der Waals surface area contributed by atoms with E-state index < -0.39 is 5.54 Å². The molecule has 0 bridgehead atoms. The average Bonchev–Trinajstić information content (AvgIpc) is 3.38. The minimum Gasteiger partial charge on any atom is -0.468 e. The van der Waals surface area contributed by atoms with Gasteiger partial charge in [-0.3, -0.25) is 14.7 Å². The Balaban J connectivity index is 1.71. The maximum atomic E-state index is 12.1. The summed E-state index contributed by atoms with van der Waals surface area (Å²) < 4.78 is 6.61. The van der Waals surface area contributed by atoms with Crippen LogP contribution in [0.3, 0.4) is 0 Å². The average molecular weight is 312 g/mol. The summed E-state index contributed by atoms with van der Waals surface area (Å²) in [6, 6.07) is 0.652. The van der Waals surface area contributed by atoms with Crippen LogP contribution in [0, 0.1) is 0 Å². The summed E-state index contributed by atoms with van der Waals surface area (Å²) in [5, 5.41) is 10.5. The van der Waals surface area contributed by atoms with Crippen LogP contribution in [0.4, 0.5) is 0 Å². The fraction of sp³-hybridized carbons (Fsp3) is 0.769. The van der Waals surface area contributed by atoms with Crippen molar-refractivity contribution in [2.75, 3.05) is 12.9 Å². The molecule has 0 spiro atoms. The van der Waals surface area contributed by atoms with Crippen LogP contribution in [0.2, 0.25) is 0 Å². The molecule has 0 aliphatic heterocycles. The van der Waals surface area contributed by atoms with Crippen LogP contribution in [-0.2, 0) is 9.53 Å². The van der Waals surface area contributed by atoms with Crippen molar-refractivity contribution in [3.05, 3.63) is 10.5 Å². The molecule has 0 amide bonds. The van der Waals surface area contributed by atoms with Crippen LogP contribution in [0.15, 0.2) is 9.95 Å². The number of carbonyl (C=O) groups excluding carboxylic acids is 1. The fourth-order valence-electron chi connectivity index (χ4n) is 2.32. The van der Waals surface area contributed by atoms with Crippen LogP contribution in [0.5, 0.6) is 0 Å². The van der Waals surface area contributed by atoms with E-state index in [2.05, 4.69) is 15.5 Å². The van der Waals surface area contributed by atoms with Gasteiger partial charge < -0.3 is 4.74 Å². The monoisotopic (exact) mass is 312 g/mol. The van der Waals surface area contributed by atoms with Gasteiger partial charge in [-0.25, -0.2) is 9.89 Å². The third-order valence-electron chi connectivity index (χ3n) is 3.81. The Morgan fingerprint density at radius 2 is 2.24 bits per heavy atom. The second-order valence-corrected chi connectivity index (χ2v) is 6.89. The number of hydrogen-bond donors (Lipinski definition) is 2. The minimum atomic E-state index is -0.760. The lowest BCUT2D eigenvalue weighted by molar-refractivity contribution is -0.147. The number of esters is 1. The van der Waals surface area contributed by atoms with Gasteiger partial charge in [0, 0.05) is 17.8 Å². The maximum absolute atomic E-state index is 12.1. The highest BCUT2D eigenvalue weighted by atomic mass is 32.2. The zero-order valence-electron chi connectivity index (χ0n) is 12.2. The molecule has 7 nitrogen and oxygen atoms in total. The molecule has 0 aromatic carbocycles. The second kappa shape index (κ2) is 5.49. The number of nitrogens with zero attached hydrogens (tertiary/aromatic N) is 2. The molecule has 8 heteroatoms. The summed E-state index contributed by atoms with van der Waals surface area (Å²) in [5.74, 6) is 0.199. The quantitative estimate of drug-likeness (QED) is 0.568. The molecule has 1 atom stereocenters. The van der Waals surface area contributed by atoms with E-state index in [1.54, 1.807) is 4.57 Å². The highest BCUT2D eigenvalue weighted by molar-refractivity contribution is 7.99. The first-order chi connectivity index (χ1) is 10.0. The Morgan fingerprint density at radius 1 is 1.52 bits per heavy atom. The van der Waals surface area contributed by atoms with Gasteiger partial charge in [-0.15, -0.1) is 5.10 Å². The van der Waals surface area contributed by atoms with Crippen LogP contribution in [-0.4, -0.2) is 45.2 Å². The molecule has 2 fully saturated rings. The van der Waals surface area contributed by atoms with Crippen molar-refractivity contribution in [1.29, 1.82) is 0 Å². The number of hydrogen-bond acceptors (Lipinski definition) is 6. The number of rotatable bonds is 7. The summed E-state index contributed by atoms with van der Waals surface area (Å²) in [7, 11) is 1.40. The molecule has 0 saturated heterocycles. The molecule has 2 saturated carbocycles. The van der Waals surface area contributed by atoms with Gasteiger partial charge in [0.05, 0.1) is 7.11 Å². The molecule has 3 rings (SSSR count). The van der Waals surface area contributed by atoms with Gasteiger partial charge in [-0.05, 0) is 32.6 Å². The molecule has 116 valence electrons. The predicted molar refractivity (Wildman–Crippen MR) is 78.4 cm³/mol. The van der Waals surface area contributed by atoms with Gasteiger partial charge >= 0.3 is 11.7 Å². The maximum Gasteiger partial charge on any atom is 0.344 e. The number of aromatic amines is 1. The highest BCUT2D eigenvalue weighted by Gasteiger charge is 2.40. The SMILES string of the molecule is COC(=O)C(C)(CSc1n[nH]c(=O)n1C1CC1)NC1CC1. The lowest BCUT2D eigenvalue weighted by atomic mass is 10.1. The Morgan fingerprint density at radius 3 is 2.81 bits per heavy atom. The lowest BCUT2D eigenvalue weighted by Crippen LogP contribution is -2.53. The summed E-state index contributed by atoms with van der Waals surface area (Å²) >= 11 is 1.41. The molecule has 2 N–H and O–H groups in total. The van der Waals surface area contributed by atoms with Crippen molar-refractivity contribution in [3.8, 4) is 0 Å². The number of methoxy groups -OCH3 is 1. The Kier molecular flexibility index (Phi) is 3.83. The third kappa shape index (κ3) is 3.16. The molecule has 1 unspecified atom stereocenters. The molecule has 2 aliphatic rings. The zero-order valence-corrected chi connectivity index (χ0v) is 13.0. The van der Waals surface area contributed by atoms with Crippen LogP contribution in [0.25, 0.3) is 0 Å². The Hall–Kier alpha value is -1.28. The normalized spacial score (nSPS) is 21.0. The van der Waals surface area contributed by atoms with E-state index in [4.69, 9.17) is 4.74 Å². The topological polar surface area (TPSA) is 89.0 Å². The first kappa shape index (κ1) is 14.6. The van der Waals surface area contributed by atoms with Crippen LogP contribution >= 0.6 is 11.8 Å². The predicted octanol–water partition coefficient (Wildman–Crippen LogP) is 0.682. The summed E-state index contributed by atoms with van der Waals surface area (Å²) in [6.07, 6.45) is 4.21. The molecule has 1 aromatic heterocycles. The van der Waals surface area contributed by atoms with E-state index >= 15 is 0 Å². The van der Waals surface area contributed by atoms with Gasteiger partial charge in [0.1, 0.15) is 5.54 Å². The summed E-state index contributed by atoms with van der Waals surface area (Å²) in [6.45, 7) is 1.84. The van der Waals surface area contributed by atoms with Crippen molar-refractivity contribution in [2.24, 2.45) is 0 Å². The van der Waals surface area contributed by atoms with E-state index in [1.165, 1.54) is 18.9 Å². The molecule has 1 aromatic rings. The van der Waals surface area contributed by atoms with Gasteiger partial charge in [0.2, 0.25) is 0 Å². The molecule has 1 heterocycles. The largest absolute Gasteiger partial charge is 0.468 e. The molecule has 0 radical (unpaired) electrons. The van der Waals surface area contributed by atoms with Crippen LogP contribution in [0.1, 0.15) is 38.6 Å². The van der Waals surface area contributed by atoms with E-state index in [0.29, 0.717) is 17.0 Å². The van der Waals surface area contributed by atoms with Crippen molar-refractivity contribution >= 4 is 17.7 Å². The number of thioether (sulfide) groups is 1. The highest BCUT2D eigenvalue weighted by Crippen LogP contribution is 2.36. The van der Waals surface area contributed by atoms with Crippen molar-refractivity contribution < 1.29 is 9.53 Å². The lowest BCUT2D eigenvalue weighted by Gasteiger charge is -2.27. The first-order valence-electron chi connectivity index (χ1n) is 7.19. The third-order valence-corrected chi connectivity index (χ3v) is 5.08. The molecule has 2 aliphatic carbocycles. The van der Waals surface area contributed by atoms with Gasteiger partial charge in [-0.1, -0.05) is 11.8 Å². The number of nitrogens with one attached hydrogen (secondary N) is 2. The van der Waals surface area contributed by atoms with Crippen molar-refractivity contribution in [2.45, 2.75) is 55.4 Å². The van der Waals surface area contributed by atoms with Crippen LogP contribution < -0.4 is 11.0 Å². The summed E-state index contributed by atoms with van der Waals surface area (Å²) in [4.78, 5) is 23.8. The summed E-state index contributed by atoms with van der Waals surface area (Å²) in [5.41, 5.74) is -0.931. The van der Waals surface area contributed by atoms with Gasteiger partial charge in [-0.2, -0.15) is 0 Å². The van der Waals surface area contributed by atoms with Gasteiger partial charge in [0.15, 0.2) is 5.16 Å². The van der Waals surface area contributed by atoms with Crippen molar-refractivity contribution in [3.63, 3.8) is 0 Å². The number of aromatic nitrogens is 3. The Bertz CT molecular complexity index is 590. The van der Waals surface area contributed by atoms with E-state index in [0.717, 1.165) is 25.7 Å². The van der Waals surface area contributed by atoms with Crippen molar-refractivity contribution in [1.82, 2.24) is 20.1 Å². The molecule has 21 heavy (non-hydrogen) atoms. The van der Waals surface area contributed by atoms with Gasteiger partial charge in [0.25, 0.3) is 0 Å². The molecular weight excluding hydrogens is 292 g/mol. The number of ether oxygens (including phenoxy) is 1. The first-order valence-corrected chi connectivity index (χ1v) is 8.18. The standard InChI is InChI=1S/C13H20N4O3S/c1-13(10(18)20-2,14-8-3-4-8)7-21-12-16-15-11(19)17(12)9-5-6-9/h8-9,14H,3-7H2,1-2H3,(H,15,19). The van der Waals surface area contributed by atoms with E-state index in [-0.39, 0.29) is 17.7 Å². The molecular formula is C13H20N4O3S. The smallest absolute Gasteiger partial charge is 0.344 e. The number of H-pyrrole nitrogens is 1.